The Hall–Kier alpha value is -1.67. The average Bonchev–Trinajstić information content (AvgIpc) is 3.15. The molecule has 1 saturated heterocycles. The molecule has 0 bridgehead atoms. The van der Waals surface area contributed by atoms with Crippen molar-refractivity contribution in [1.82, 2.24) is 15.6 Å². The van der Waals surface area contributed by atoms with E-state index in [2.05, 4.69) is 15.6 Å². The maximum Gasteiger partial charge on any atom is 0.417 e. The van der Waals surface area contributed by atoms with Gasteiger partial charge in [0.1, 0.15) is 0 Å². The highest BCUT2D eigenvalue weighted by molar-refractivity contribution is 5.81. The van der Waals surface area contributed by atoms with E-state index in [1.807, 2.05) is 20.8 Å². The number of nitrogens with zero attached hydrogens (tertiary/aromatic N) is 1. The summed E-state index contributed by atoms with van der Waals surface area (Å²) < 4.78 is 38.2. The van der Waals surface area contributed by atoms with E-state index in [0.29, 0.717) is 18.7 Å². The molecule has 1 aliphatic heterocycles. The monoisotopic (exact) mass is 398 g/mol. The first kappa shape index (κ1) is 21.0. The van der Waals surface area contributed by atoms with Gasteiger partial charge >= 0.3 is 6.18 Å². The molecule has 0 aromatic carbocycles. The van der Waals surface area contributed by atoms with Gasteiger partial charge in [-0.15, -0.1) is 0 Å². The van der Waals surface area contributed by atoms with E-state index in [9.17, 15) is 18.0 Å². The Morgan fingerprint density at radius 2 is 2.00 bits per heavy atom. The lowest BCUT2D eigenvalue weighted by atomic mass is 9.87. The molecule has 0 spiro atoms. The summed E-state index contributed by atoms with van der Waals surface area (Å²) in [5, 5.41) is 6.48. The fraction of sp³-hybridized carbons (Fsp3) is 0.700. The second-order valence-electron chi connectivity index (χ2n) is 9.25. The van der Waals surface area contributed by atoms with Crippen LogP contribution in [0.15, 0.2) is 18.3 Å². The van der Waals surface area contributed by atoms with E-state index in [4.69, 9.17) is 5.73 Å². The van der Waals surface area contributed by atoms with E-state index in [1.54, 1.807) is 0 Å². The van der Waals surface area contributed by atoms with E-state index in [0.717, 1.165) is 25.1 Å². The predicted octanol–water partition coefficient (Wildman–Crippen LogP) is 3.02. The Labute approximate surface area is 163 Å². The lowest BCUT2D eigenvalue weighted by Crippen LogP contribution is -2.48. The van der Waals surface area contributed by atoms with Gasteiger partial charge in [-0.1, -0.05) is 20.8 Å². The minimum atomic E-state index is -4.38. The van der Waals surface area contributed by atoms with E-state index < -0.39 is 17.8 Å². The van der Waals surface area contributed by atoms with Crippen LogP contribution in [0.2, 0.25) is 0 Å². The molecular formula is C20H29F3N4O. The average molecular weight is 398 g/mol. The Morgan fingerprint density at radius 3 is 2.57 bits per heavy atom. The van der Waals surface area contributed by atoms with Crippen LogP contribution in [0, 0.1) is 17.3 Å². The topological polar surface area (TPSA) is 80.0 Å². The maximum atomic E-state index is 12.7. The van der Waals surface area contributed by atoms with Crippen molar-refractivity contribution in [3.63, 3.8) is 0 Å². The van der Waals surface area contributed by atoms with Crippen LogP contribution in [0.3, 0.4) is 0 Å². The van der Waals surface area contributed by atoms with Gasteiger partial charge in [0, 0.05) is 18.8 Å². The zero-order valence-corrected chi connectivity index (χ0v) is 16.5. The molecule has 2 fully saturated rings. The minimum Gasteiger partial charge on any atom is -0.352 e. The van der Waals surface area contributed by atoms with Crippen molar-refractivity contribution in [2.24, 2.45) is 23.0 Å². The molecule has 1 aliphatic carbocycles. The summed E-state index contributed by atoms with van der Waals surface area (Å²) in [6.45, 7) is 6.86. The van der Waals surface area contributed by atoms with Gasteiger partial charge in [0.05, 0.1) is 23.3 Å². The fourth-order valence-corrected chi connectivity index (χ4v) is 4.52. The van der Waals surface area contributed by atoms with Crippen molar-refractivity contribution in [2.45, 2.75) is 64.3 Å². The second kappa shape index (κ2) is 7.63. The number of carbonyl (C=O) groups excluding carboxylic acids is 1. The molecule has 0 radical (unpaired) electrons. The van der Waals surface area contributed by atoms with Crippen LogP contribution in [0.25, 0.3) is 0 Å². The lowest BCUT2D eigenvalue weighted by Gasteiger charge is -2.26. The van der Waals surface area contributed by atoms with Gasteiger partial charge in [-0.3, -0.25) is 9.78 Å². The van der Waals surface area contributed by atoms with E-state index in [1.165, 1.54) is 6.07 Å². The number of aromatic nitrogens is 1. The molecule has 8 heteroatoms. The van der Waals surface area contributed by atoms with Gasteiger partial charge < -0.3 is 16.4 Å². The number of nitrogens with one attached hydrogen (secondary N) is 2. The number of alkyl halides is 3. The number of rotatable bonds is 4. The van der Waals surface area contributed by atoms with Gasteiger partial charge in [-0.2, -0.15) is 13.2 Å². The smallest absolute Gasteiger partial charge is 0.352 e. The number of hydrogen-bond acceptors (Lipinski definition) is 4. The molecule has 5 nitrogen and oxygen atoms in total. The van der Waals surface area contributed by atoms with Gasteiger partial charge in [0.25, 0.3) is 0 Å². The maximum absolute atomic E-state index is 12.7. The van der Waals surface area contributed by atoms with Crippen molar-refractivity contribution < 1.29 is 18.0 Å². The molecule has 3 rings (SSSR count). The summed E-state index contributed by atoms with van der Waals surface area (Å²) in [6.07, 6.45) is -1.14. The quantitative estimate of drug-likeness (QED) is 0.728. The van der Waals surface area contributed by atoms with Crippen molar-refractivity contribution >= 4 is 5.91 Å². The van der Waals surface area contributed by atoms with Crippen molar-refractivity contribution in [2.75, 3.05) is 6.54 Å². The summed E-state index contributed by atoms with van der Waals surface area (Å²) in [5.41, 5.74) is 5.91. The summed E-state index contributed by atoms with van der Waals surface area (Å²) in [5.74, 6) is 0.352. The first-order chi connectivity index (χ1) is 13.0. The molecule has 1 amide bonds. The molecule has 1 aromatic rings. The van der Waals surface area contributed by atoms with Gasteiger partial charge in [-0.25, -0.2) is 0 Å². The first-order valence-corrected chi connectivity index (χ1v) is 9.78. The van der Waals surface area contributed by atoms with Crippen LogP contribution in [0.1, 0.15) is 57.3 Å². The third kappa shape index (κ3) is 4.66. The highest BCUT2D eigenvalue weighted by atomic mass is 19.4. The first-order valence-electron chi connectivity index (χ1n) is 9.78. The summed E-state index contributed by atoms with van der Waals surface area (Å²) in [7, 11) is 0. The highest BCUT2D eigenvalue weighted by Gasteiger charge is 2.46. The normalized spacial score (nSPS) is 28.8. The lowest BCUT2D eigenvalue weighted by molar-refractivity contribution is -0.137. The Morgan fingerprint density at radius 1 is 1.29 bits per heavy atom. The Bertz CT molecular complexity index is 699. The number of pyridine rings is 1. The molecule has 28 heavy (non-hydrogen) atoms. The molecular weight excluding hydrogens is 369 g/mol. The zero-order chi connectivity index (χ0) is 20.7. The number of hydrogen-bond donors (Lipinski definition) is 3. The summed E-state index contributed by atoms with van der Waals surface area (Å²) >= 11 is 0. The summed E-state index contributed by atoms with van der Waals surface area (Å²) in [6, 6.07) is 1.94. The van der Waals surface area contributed by atoms with Crippen LogP contribution in [-0.2, 0) is 11.0 Å². The Balaban J connectivity index is 1.62. The zero-order valence-electron chi connectivity index (χ0n) is 16.5. The van der Waals surface area contributed by atoms with E-state index in [-0.39, 0.29) is 35.2 Å². The number of nitrogens with two attached hydrogens (primary N) is 1. The van der Waals surface area contributed by atoms with Crippen LogP contribution >= 0.6 is 0 Å². The molecule has 4 N–H and O–H groups in total. The molecule has 5 atom stereocenters. The molecule has 2 heterocycles. The molecule has 1 aromatic heterocycles. The molecule has 156 valence electrons. The molecule has 1 saturated carbocycles. The largest absolute Gasteiger partial charge is 0.417 e. The third-order valence-corrected chi connectivity index (χ3v) is 5.81. The number of amides is 1. The van der Waals surface area contributed by atoms with Gasteiger partial charge in [-0.05, 0) is 48.6 Å². The van der Waals surface area contributed by atoms with Crippen molar-refractivity contribution in [1.29, 1.82) is 0 Å². The van der Waals surface area contributed by atoms with Crippen LogP contribution in [0.5, 0.6) is 0 Å². The van der Waals surface area contributed by atoms with Gasteiger partial charge in [0.15, 0.2) is 0 Å². The number of fused-ring (bicyclic) bond motifs is 1. The predicted molar refractivity (Wildman–Crippen MR) is 100 cm³/mol. The van der Waals surface area contributed by atoms with Crippen LogP contribution in [-0.4, -0.2) is 29.5 Å². The molecule has 2 aliphatic rings. The highest BCUT2D eigenvalue weighted by Crippen LogP contribution is 2.44. The summed E-state index contributed by atoms with van der Waals surface area (Å²) in [4.78, 5) is 16.5. The third-order valence-electron chi connectivity index (χ3n) is 5.81. The van der Waals surface area contributed by atoms with Crippen molar-refractivity contribution in [3.8, 4) is 0 Å². The fourth-order valence-electron chi connectivity index (χ4n) is 4.52. The van der Waals surface area contributed by atoms with Gasteiger partial charge in [0.2, 0.25) is 5.91 Å². The number of halogens is 3. The van der Waals surface area contributed by atoms with Crippen LogP contribution in [0.4, 0.5) is 13.2 Å². The SMILES string of the molecule is CC(C)(C)C[C@H](N)C(=O)N[C@H]1CC[C@@H]2C(c3ccc(C(F)(F)F)cn3)NC[C@H]12. The van der Waals surface area contributed by atoms with E-state index >= 15 is 0 Å². The molecule has 1 unspecified atom stereocenters. The number of carbonyl (C=O) groups is 1. The Kier molecular flexibility index (Phi) is 5.74. The van der Waals surface area contributed by atoms with Crippen molar-refractivity contribution in [3.05, 3.63) is 29.6 Å². The van der Waals surface area contributed by atoms with Crippen LogP contribution < -0.4 is 16.4 Å². The minimum absolute atomic E-state index is 0.0246. The second-order valence-corrected chi connectivity index (χ2v) is 9.25. The standard InChI is InChI=1S/C20H29F3N4O/c1-19(2,3)8-14(24)18(28)27-15-7-5-12-13(15)10-26-17(12)16-6-4-11(9-25-16)20(21,22)23/h4,6,9,12-15,17,26H,5,7-8,10,24H2,1-3H3,(H,27,28)/t12-,13-,14-,15-,17?/m0/s1.